The summed E-state index contributed by atoms with van der Waals surface area (Å²) in [6, 6.07) is 0. The summed E-state index contributed by atoms with van der Waals surface area (Å²) in [7, 11) is 0. The van der Waals surface area contributed by atoms with Crippen molar-refractivity contribution in [2.24, 2.45) is 5.92 Å². The van der Waals surface area contributed by atoms with Gasteiger partial charge in [0.2, 0.25) is 0 Å². The van der Waals surface area contributed by atoms with Crippen LogP contribution >= 0.6 is 0 Å². The standard InChI is InChI=1S/C32H62O5/c1-4-6-7-8-9-10-11-12-13-14-15-19-22-25-31(34)36-27-30(33)28-37-32(35)26-23-20-17-16-18-21-24-29(3)5-2/h29-30,33H,4-28H2,1-3H3/t29?,30-/m1/s1. The minimum Gasteiger partial charge on any atom is -0.463 e. The summed E-state index contributed by atoms with van der Waals surface area (Å²) in [5.74, 6) is 0.268. The van der Waals surface area contributed by atoms with E-state index in [1.807, 2.05) is 0 Å². The van der Waals surface area contributed by atoms with E-state index in [1.165, 1.54) is 103 Å². The molecule has 1 unspecified atom stereocenters. The van der Waals surface area contributed by atoms with Gasteiger partial charge in [0.1, 0.15) is 19.3 Å². The van der Waals surface area contributed by atoms with E-state index < -0.39 is 6.10 Å². The van der Waals surface area contributed by atoms with Crippen LogP contribution in [0.5, 0.6) is 0 Å². The molecule has 0 rings (SSSR count). The largest absolute Gasteiger partial charge is 0.463 e. The number of carbonyl (C=O) groups is 2. The Morgan fingerprint density at radius 1 is 0.568 bits per heavy atom. The zero-order valence-electron chi connectivity index (χ0n) is 24.9. The molecule has 5 nitrogen and oxygen atoms in total. The molecule has 37 heavy (non-hydrogen) atoms. The minimum absolute atomic E-state index is 0.110. The normalized spacial score (nSPS) is 12.9. The Kier molecular flexibility index (Phi) is 27.1. The highest BCUT2D eigenvalue weighted by Crippen LogP contribution is 2.15. The summed E-state index contributed by atoms with van der Waals surface area (Å²) in [6.07, 6.45) is 25.8. The first-order valence-corrected chi connectivity index (χ1v) is 16.0. The summed E-state index contributed by atoms with van der Waals surface area (Å²) < 4.78 is 10.3. The Morgan fingerprint density at radius 2 is 0.919 bits per heavy atom. The number of unbranched alkanes of at least 4 members (excludes halogenated alkanes) is 17. The molecule has 0 aliphatic rings. The molecule has 0 aromatic rings. The van der Waals surface area contributed by atoms with Gasteiger partial charge in [-0.3, -0.25) is 9.59 Å². The summed E-state index contributed by atoms with van der Waals surface area (Å²) in [5, 5.41) is 9.93. The van der Waals surface area contributed by atoms with Crippen LogP contribution in [-0.4, -0.2) is 36.4 Å². The minimum atomic E-state index is -0.954. The molecular weight excluding hydrogens is 464 g/mol. The summed E-state index contributed by atoms with van der Waals surface area (Å²) in [6.45, 7) is 6.60. The van der Waals surface area contributed by atoms with Crippen molar-refractivity contribution >= 4 is 11.9 Å². The monoisotopic (exact) mass is 526 g/mol. The smallest absolute Gasteiger partial charge is 0.305 e. The maximum Gasteiger partial charge on any atom is 0.305 e. The van der Waals surface area contributed by atoms with Crippen LogP contribution in [-0.2, 0) is 19.1 Å². The second-order valence-electron chi connectivity index (χ2n) is 11.2. The van der Waals surface area contributed by atoms with E-state index in [9.17, 15) is 14.7 Å². The number of rotatable bonds is 28. The molecule has 0 bridgehead atoms. The Bertz CT molecular complexity index is 507. The number of hydrogen-bond acceptors (Lipinski definition) is 5. The van der Waals surface area contributed by atoms with Gasteiger partial charge in [0.15, 0.2) is 0 Å². The van der Waals surface area contributed by atoms with Crippen LogP contribution in [0.4, 0.5) is 0 Å². The van der Waals surface area contributed by atoms with Crippen molar-refractivity contribution in [3.05, 3.63) is 0 Å². The number of ether oxygens (including phenoxy) is 2. The maximum absolute atomic E-state index is 11.9. The van der Waals surface area contributed by atoms with Crippen LogP contribution in [0.15, 0.2) is 0 Å². The van der Waals surface area contributed by atoms with Crippen molar-refractivity contribution < 1.29 is 24.2 Å². The van der Waals surface area contributed by atoms with Gasteiger partial charge in [0.05, 0.1) is 0 Å². The molecular formula is C32H62O5. The highest BCUT2D eigenvalue weighted by atomic mass is 16.6. The van der Waals surface area contributed by atoms with Crippen LogP contribution in [0, 0.1) is 5.92 Å². The summed E-state index contributed by atoms with van der Waals surface area (Å²) >= 11 is 0. The molecule has 0 aromatic carbocycles. The van der Waals surface area contributed by atoms with Gasteiger partial charge in [-0.05, 0) is 18.8 Å². The molecule has 2 atom stereocenters. The highest BCUT2D eigenvalue weighted by molar-refractivity contribution is 5.69. The first kappa shape index (κ1) is 35.9. The number of esters is 2. The SMILES string of the molecule is CCCCCCCCCCCCCCCC(=O)OC[C@@H](O)COC(=O)CCCCCCCCC(C)CC. The predicted molar refractivity (Wildman–Crippen MR) is 155 cm³/mol. The van der Waals surface area contributed by atoms with Crippen LogP contribution in [0.1, 0.15) is 168 Å². The molecule has 0 aromatic heterocycles. The lowest BCUT2D eigenvalue weighted by molar-refractivity contribution is -0.152. The molecule has 0 amide bonds. The van der Waals surface area contributed by atoms with Gasteiger partial charge in [-0.25, -0.2) is 0 Å². The van der Waals surface area contributed by atoms with Crippen molar-refractivity contribution in [2.45, 2.75) is 175 Å². The third-order valence-electron chi connectivity index (χ3n) is 7.38. The first-order chi connectivity index (χ1) is 18.0. The Hall–Kier alpha value is -1.10. The highest BCUT2D eigenvalue weighted by Gasteiger charge is 2.12. The zero-order valence-corrected chi connectivity index (χ0v) is 24.9. The van der Waals surface area contributed by atoms with E-state index >= 15 is 0 Å². The van der Waals surface area contributed by atoms with Gasteiger partial charge < -0.3 is 14.6 Å². The topological polar surface area (TPSA) is 72.8 Å². The molecule has 0 radical (unpaired) electrons. The molecule has 0 aliphatic heterocycles. The fourth-order valence-electron chi connectivity index (χ4n) is 4.53. The third kappa shape index (κ3) is 27.7. The number of aliphatic hydroxyl groups is 1. The van der Waals surface area contributed by atoms with Crippen LogP contribution in [0.2, 0.25) is 0 Å². The van der Waals surface area contributed by atoms with Gasteiger partial charge in [0, 0.05) is 12.8 Å². The average molecular weight is 527 g/mol. The predicted octanol–water partition coefficient (Wildman–Crippen LogP) is 9.08. The Labute approximate surface area is 229 Å². The Morgan fingerprint density at radius 3 is 1.30 bits per heavy atom. The summed E-state index contributed by atoms with van der Waals surface area (Å²) in [4.78, 5) is 23.7. The quantitative estimate of drug-likeness (QED) is 0.0813. The van der Waals surface area contributed by atoms with Crippen LogP contribution < -0.4 is 0 Å². The molecule has 0 fully saturated rings. The lowest BCUT2D eigenvalue weighted by Gasteiger charge is -2.12. The molecule has 0 spiro atoms. The maximum atomic E-state index is 11.9. The second-order valence-corrected chi connectivity index (χ2v) is 11.2. The first-order valence-electron chi connectivity index (χ1n) is 16.0. The van der Waals surface area contributed by atoms with Gasteiger partial charge in [-0.15, -0.1) is 0 Å². The zero-order chi connectivity index (χ0) is 27.4. The summed E-state index contributed by atoms with van der Waals surface area (Å²) in [5.41, 5.74) is 0. The van der Waals surface area contributed by atoms with Crippen molar-refractivity contribution in [2.75, 3.05) is 13.2 Å². The molecule has 0 saturated heterocycles. The van der Waals surface area contributed by atoms with Crippen molar-refractivity contribution in [1.82, 2.24) is 0 Å². The van der Waals surface area contributed by atoms with Crippen molar-refractivity contribution in [3.63, 3.8) is 0 Å². The molecule has 5 heteroatoms. The molecule has 0 heterocycles. The lowest BCUT2D eigenvalue weighted by atomic mass is 10.00. The van der Waals surface area contributed by atoms with Gasteiger partial charge >= 0.3 is 11.9 Å². The second kappa shape index (κ2) is 27.9. The van der Waals surface area contributed by atoms with E-state index in [1.54, 1.807) is 0 Å². The molecule has 1 N–H and O–H groups in total. The van der Waals surface area contributed by atoms with Crippen molar-refractivity contribution in [1.29, 1.82) is 0 Å². The number of aliphatic hydroxyl groups excluding tert-OH is 1. The molecule has 220 valence electrons. The van der Waals surface area contributed by atoms with Crippen molar-refractivity contribution in [3.8, 4) is 0 Å². The Balaban J connectivity index is 3.43. The van der Waals surface area contributed by atoms with Crippen LogP contribution in [0.25, 0.3) is 0 Å². The van der Waals surface area contributed by atoms with E-state index in [4.69, 9.17) is 9.47 Å². The van der Waals surface area contributed by atoms with E-state index in [0.717, 1.165) is 38.0 Å². The lowest BCUT2D eigenvalue weighted by Crippen LogP contribution is -2.25. The van der Waals surface area contributed by atoms with E-state index in [2.05, 4.69) is 20.8 Å². The molecule has 0 aliphatic carbocycles. The number of hydrogen-bond donors (Lipinski definition) is 1. The van der Waals surface area contributed by atoms with E-state index in [0.29, 0.717) is 12.8 Å². The van der Waals surface area contributed by atoms with Gasteiger partial charge in [-0.2, -0.15) is 0 Å². The number of carbonyl (C=O) groups excluding carboxylic acids is 2. The average Bonchev–Trinajstić information content (AvgIpc) is 2.90. The van der Waals surface area contributed by atoms with Gasteiger partial charge in [-0.1, -0.05) is 143 Å². The fourth-order valence-corrected chi connectivity index (χ4v) is 4.53. The van der Waals surface area contributed by atoms with E-state index in [-0.39, 0.29) is 25.2 Å². The molecule has 0 saturated carbocycles. The fraction of sp³-hybridized carbons (Fsp3) is 0.938. The third-order valence-corrected chi connectivity index (χ3v) is 7.38. The van der Waals surface area contributed by atoms with Gasteiger partial charge in [0.25, 0.3) is 0 Å². The van der Waals surface area contributed by atoms with Crippen LogP contribution in [0.3, 0.4) is 0 Å².